The smallest absolute Gasteiger partial charge is 0.306 e. The van der Waals surface area contributed by atoms with Gasteiger partial charge in [-0.25, -0.2) is 0 Å². The second-order valence-corrected chi connectivity index (χ2v) is 5.03. The number of ether oxygens (including phenoxy) is 1. The molecule has 3 heteroatoms. The first-order chi connectivity index (χ1) is 8.31. The Morgan fingerprint density at radius 3 is 2.06 bits per heavy atom. The van der Waals surface area contributed by atoms with Crippen molar-refractivity contribution in [2.45, 2.75) is 57.8 Å². The number of alkyl halides is 1. The van der Waals surface area contributed by atoms with Crippen LogP contribution in [-0.4, -0.2) is 17.9 Å². The minimum atomic E-state index is -0.0952. The van der Waals surface area contributed by atoms with E-state index in [1.807, 2.05) is 0 Å². The molecule has 0 aromatic rings. The Morgan fingerprint density at radius 2 is 1.53 bits per heavy atom. The molecule has 0 aliphatic carbocycles. The molecule has 2 nitrogen and oxygen atoms in total. The summed E-state index contributed by atoms with van der Waals surface area (Å²) < 4.78 is 4.90. The molecule has 0 spiro atoms. The molecular formula is C14H25BrO2. The Kier molecular flexibility index (Phi) is 13.5. The zero-order valence-electron chi connectivity index (χ0n) is 10.8. The third-order valence-corrected chi connectivity index (χ3v) is 3.19. The van der Waals surface area contributed by atoms with Gasteiger partial charge in [-0.15, -0.1) is 0 Å². The maximum atomic E-state index is 11.1. The maximum absolute atomic E-state index is 11.1. The highest BCUT2D eigenvalue weighted by atomic mass is 79.9. The van der Waals surface area contributed by atoms with Crippen LogP contribution in [0.3, 0.4) is 0 Å². The van der Waals surface area contributed by atoms with Gasteiger partial charge in [0.15, 0.2) is 0 Å². The van der Waals surface area contributed by atoms with E-state index in [1.165, 1.54) is 38.5 Å². The summed E-state index contributed by atoms with van der Waals surface area (Å²) in [6.45, 7) is 3.84. The lowest BCUT2D eigenvalue weighted by molar-refractivity contribution is -0.142. The fourth-order valence-corrected chi connectivity index (χ4v) is 2.05. The summed E-state index contributed by atoms with van der Waals surface area (Å²) in [7, 11) is 0. The fraction of sp³-hybridized carbons (Fsp3) is 0.786. The summed E-state index contributed by atoms with van der Waals surface area (Å²) in [5.74, 6) is -0.0952. The second kappa shape index (κ2) is 13.8. The highest BCUT2D eigenvalue weighted by molar-refractivity contribution is 9.09. The van der Waals surface area contributed by atoms with E-state index in [2.05, 4.69) is 22.5 Å². The molecule has 0 amide bonds. The van der Waals surface area contributed by atoms with E-state index in [-0.39, 0.29) is 5.97 Å². The van der Waals surface area contributed by atoms with Crippen molar-refractivity contribution in [3.8, 4) is 0 Å². The normalized spacial score (nSPS) is 10.2. The van der Waals surface area contributed by atoms with Crippen LogP contribution in [0.25, 0.3) is 0 Å². The van der Waals surface area contributed by atoms with E-state index in [0.717, 1.165) is 18.2 Å². The summed E-state index contributed by atoms with van der Waals surface area (Å²) in [5.41, 5.74) is 0. The topological polar surface area (TPSA) is 26.3 Å². The first-order valence-electron chi connectivity index (χ1n) is 6.63. The predicted octanol–water partition coefficient (Wildman–Crippen LogP) is 4.62. The number of hydrogen-bond acceptors (Lipinski definition) is 2. The molecule has 100 valence electrons. The fourth-order valence-electron chi connectivity index (χ4n) is 1.65. The number of rotatable bonds is 12. The number of carbonyl (C=O) groups excluding carboxylic acids is 1. The van der Waals surface area contributed by atoms with Crippen LogP contribution in [0.2, 0.25) is 0 Å². The van der Waals surface area contributed by atoms with Crippen molar-refractivity contribution in [3.05, 3.63) is 12.7 Å². The van der Waals surface area contributed by atoms with Crippen LogP contribution in [0.1, 0.15) is 57.8 Å². The highest BCUT2D eigenvalue weighted by Gasteiger charge is 2.00. The van der Waals surface area contributed by atoms with Crippen LogP contribution in [-0.2, 0) is 9.53 Å². The van der Waals surface area contributed by atoms with E-state index in [0.29, 0.717) is 13.0 Å². The molecule has 0 unspecified atom stereocenters. The van der Waals surface area contributed by atoms with Crippen LogP contribution in [0.4, 0.5) is 0 Å². The molecule has 0 atom stereocenters. The Balaban J connectivity index is 3.07. The lowest BCUT2D eigenvalue weighted by atomic mass is 10.1. The van der Waals surface area contributed by atoms with E-state index >= 15 is 0 Å². The van der Waals surface area contributed by atoms with Gasteiger partial charge in [-0.1, -0.05) is 67.1 Å². The molecule has 0 aromatic carbocycles. The molecule has 0 aromatic heterocycles. The number of halogens is 1. The van der Waals surface area contributed by atoms with Gasteiger partial charge in [0.25, 0.3) is 0 Å². The van der Waals surface area contributed by atoms with Crippen molar-refractivity contribution in [1.29, 1.82) is 0 Å². The molecule has 0 rings (SSSR count). The Bertz CT molecular complexity index is 193. The largest absolute Gasteiger partial charge is 0.461 e. The summed E-state index contributed by atoms with van der Waals surface area (Å²) >= 11 is 3.43. The van der Waals surface area contributed by atoms with Gasteiger partial charge in [-0.05, 0) is 12.8 Å². The van der Waals surface area contributed by atoms with Gasteiger partial charge in [0.05, 0.1) is 0 Å². The van der Waals surface area contributed by atoms with Gasteiger partial charge in [0, 0.05) is 11.8 Å². The van der Waals surface area contributed by atoms with Crippen LogP contribution in [0.5, 0.6) is 0 Å². The maximum Gasteiger partial charge on any atom is 0.306 e. The molecule has 0 fully saturated rings. The zero-order chi connectivity index (χ0) is 12.8. The van der Waals surface area contributed by atoms with Crippen molar-refractivity contribution in [3.63, 3.8) is 0 Å². The number of esters is 1. The van der Waals surface area contributed by atoms with Crippen LogP contribution < -0.4 is 0 Å². The summed E-state index contributed by atoms with van der Waals surface area (Å²) in [5, 5.41) is 1.12. The number of hydrogen-bond donors (Lipinski definition) is 0. The number of unbranched alkanes of at least 4 members (excludes halogenated alkanes) is 7. The molecule has 0 saturated carbocycles. The molecule has 0 bridgehead atoms. The first-order valence-corrected chi connectivity index (χ1v) is 7.76. The minimum Gasteiger partial charge on any atom is -0.461 e. The Labute approximate surface area is 114 Å². The van der Waals surface area contributed by atoms with Crippen LogP contribution >= 0.6 is 15.9 Å². The summed E-state index contributed by atoms with van der Waals surface area (Å²) in [6.07, 6.45) is 12.1. The molecule has 17 heavy (non-hydrogen) atoms. The van der Waals surface area contributed by atoms with Crippen LogP contribution in [0, 0.1) is 0 Å². The molecule has 0 aliphatic rings. The van der Waals surface area contributed by atoms with E-state index in [4.69, 9.17) is 4.74 Å². The zero-order valence-corrected chi connectivity index (χ0v) is 12.3. The summed E-state index contributed by atoms with van der Waals surface area (Å²) in [4.78, 5) is 11.1. The van der Waals surface area contributed by atoms with Gasteiger partial charge in [-0.3, -0.25) is 4.79 Å². The Hall–Kier alpha value is -0.310. The van der Waals surface area contributed by atoms with Gasteiger partial charge in [0.2, 0.25) is 0 Å². The summed E-state index contributed by atoms with van der Waals surface area (Å²) in [6, 6.07) is 0. The van der Waals surface area contributed by atoms with Gasteiger partial charge < -0.3 is 4.74 Å². The molecule has 0 saturated heterocycles. The molecule has 0 heterocycles. The van der Waals surface area contributed by atoms with Crippen LogP contribution in [0.15, 0.2) is 12.7 Å². The second-order valence-electron chi connectivity index (χ2n) is 4.24. The third kappa shape index (κ3) is 13.6. The lowest BCUT2D eigenvalue weighted by Gasteiger charge is -2.02. The van der Waals surface area contributed by atoms with Crippen molar-refractivity contribution < 1.29 is 9.53 Å². The van der Waals surface area contributed by atoms with E-state index in [9.17, 15) is 4.79 Å². The van der Waals surface area contributed by atoms with Crippen molar-refractivity contribution in [1.82, 2.24) is 0 Å². The van der Waals surface area contributed by atoms with Crippen molar-refractivity contribution >= 4 is 21.9 Å². The minimum absolute atomic E-state index is 0.0952. The molecular weight excluding hydrogens is 280 g/mol. The average Bonchev–Trinajstić information content (AvgIpc) is 2.34. The standard InChI is InChI=1S/C14H25BrO2/c1-2-13-17-14(16)11-9-7-5-3-4-6-8-10-12-15/h2H,1,3-13H2. The van der Waals surface area contributed by atoms with Gasteiger partial charge in [0.1, 0.15) is 6.61 Å². The van der Waals surface area contributed by atoms with Gasteiger partial charge >= 0.3 is 5.97 Å². The molecule has 0 N–H and O–H groups in total. The van der Waals surface area contributed by atoms with Gasteiger partial charge in [-0.2, -0.15) is 0 Å². The monoisotopic (exact) mass is 304 g/mol. The van der Waals surface area contributed by atoms with Crippen molar-refractivity contribution in [2.75, 3.05) is 11.9 Å². The molecule has 0 aliphatic heterocycles. The SMILES string of the molecule is C=CCOC(=O)CCCCCCCCCCBr. The van der Waals surface area contributed by atoms with E-state index < -0.39 is 0 Å². The van der Waals surface area contributed by atoms with Crippen molar-refractivity contribution in [2.24, 2.45) is 0 Å². The lowest BCUT2D eigenvalue weighted by Crippen LogP contribution is -2.03. The molecule has 0 radical (unpaired) electrons. The first kappa shape index (κ1) is 16.7. The predicted molar refractivity (Wildman–Crippen MR) is 76.5 cm³/mol. The highest BCUT2D eigenvalue weighted by Crippen LogP contribution is 2.10. The average molecular weight is 305 g/mol. The third-order valence-electron chi connectivity index (χ3n) is 2.63. The quantitative estimate of drug-likeness (QED) is 0.227. The number of carbonyl (C=O) groups is 1. The van der Waals surface area contributed by atoms with E-state index in [1.54, 1.807) is 6.08 Å². The Morgan fingerprint density at radius 1 is 1.00 bits per heavy atom.